The first kappa shape index (κ1) is 21.5. The van der Waals surface area contributed by atoms with E-state index in [0.29, 0.717) is 5.56 Å². The van der Waals surface area contributed by atoms with E-state index in [9.17, 15) is 19.2 Å². The lowest BCUT2D eigenvalue weighted by Crippen LogP contribution is -2.40. The summed E-state index contributed by atoms with van der Waals surface area (Å²) in [7, 11) is 0. The molecule has 31 heavy (non-hydrogen) atoms. The summed E-state index contributed by atoms with van der Waals surface area (Å²) in [6.45, 7) is -0.354. The van der Waals surface area contributed by atoms with Crippen molar-refractivity contribution in [2.75, 3.05) is 6.61 Å². The summed E-state index contributed by atoms with van der Waals surface area (Å²) >= 11 is 0. The van der Waals surface area contributed by atoms with Crippen LogP contribution in [0.15, 0.2) is 18.2 Å². The Morgan fingerprint density at radius 3 is 2.19 bits per heavy atom. The molecule has 0 saturated heterocycles. The van der Waals surface area contributed by atoms with Crippen molar-refractivity contribution in [3.05, 3.63) is 34.9 Å². The summed E-state index contributed by atoms with van der Waals surface area (Å²) < 4.78 is 5.17. The minimum Gasteiger partial charge on any atom is -0.452 e. The van der Waals surface area contributed by atoms with E-state index in [1.54, 1.807) is 0 Å². The summed E-state index contributed by atoms with van der Waals surface area (Å²) in [5.41, 5.74) is 0.749. The number of nitrogens with zero attached hydrogens (tertiary/aromatic N) is 1. The van der Waals surface area contributed by atoms with Crippen LogP contribution in [-0.4, -0.2) is 47.3 Å². The van der Waals surface area contributed by atoms with Crippen molar-refractivity contribution >= 4 is 23.7 Å². The van der Waals surface area contributed by atoms with Crippen molar-refractivity contribution in [3.8, 4) is 0 Å². The quantitative estimate of drug-likeness (QED) is 0.441. The lowest BCUT2D eigenvalue weighted by Gasteiger charge is -2.29. The molecule has 1 aromatic rings. The average Bonchev–Trinajstić information content (AvgIpc) is 2.94. The molecule has 166 valence electrons. The van der Waals surface area contributed by atoms with Crippen LogP contribution in [0.3, 0.4) is 0 Å². The summed E-state index contributed by atoms with van der Waals surface area (Å²) in [5.74, 6) is -1.60. The molecule has 0 bridgehead atoms. The van der Waals surface area contributed by atoms with Gasteiger partial charge in [-0.25, -0.2) is 4.79 Å². The first-order chi connectivity index (χ1) is 15.0. The Labute approximate surface area is 182 Å². The molecule has 2 aliphatic carbocycles. The number of ether oxygens (including phenoxy) is 1. The summed E-state index contributed by atoms with van der Waals surface area (Å²) in [4.78, 5) is 51.6. The Morgan fingerprint density at radius 2 is 1.48 bits per heavy atom. The number of hydrogen-bond donors (Lipinski definition) is 1. The van der Waals surface area contributed by atoms with Gasteiger partial charge in [0, 0.05) is 12.1 Å². The number of imide groups is 1. The van der Waals surface area contributed by atoms with Crippen LogP contribution in [0.5, 0.6) is 0 Å². The molecular weight excluding hydrogens is 396 g/mol. The lowest BCUT2D eigenvalue weighted by molar-refractivity contribution is -0.125. The average molecular weight is 427 g/mol. The molecule has 3 amide bonds. The van der Waals surface area contributed by atoms with Crippen molar-refractivity contribution in [2.24, 2.45) is 0 Å². The number of fused-ring (bicyclic) bond motifs is 1. The van der Waals surface area contributed by atoms with E-state index in [0.717, 1.165) is 57.8 Å². The second-order valence-electron chi connectivity index (χ2n) is 8.86. The fraction of sp³-hybridized carbons (Fsp3) is 0.583. The van der Waals surface area contributed by atoms with E-state index >= 15 is 0 Å². The van der Waals surface area contributed by atoms with E-state index < -0.39 is 5.97 Å². The van der Waals surface area contributed by atoms with Gasteiger partial charge in [-0.2, -0.15) is 0 Å². The molecule has 1 aromatic carbocycles. The van der Waals surface area contributed by atoms with Gasteiger partial charge in [0.25, 0.3) is 17.7 Å². The number of carbonyl (C=O) groups is 4. The van der Waals surface area contributed by atoms with Crippen molar-refractivity contribution in [3.63, 3.8) is 0 Å². The van der Waals surface area contributed by atoms with Crippen LogP contribution >= 0.6 is 0 Å². The van der Waals surface area contributed by atoms with Gasteiger partial charge in [0.2, 0.25) is 0 Å². The largest absolute Gasteiger partial charge is 0.452 e. The number of esters is 1. The minimum atomic E-state index is -0.671. The van der Waals surface area contributed by atoms with Gasteiger partial charge < -0.3 is 10.1 Å². The highest BCUT2D eigenvalue weighted by Gasteiger charge is 2.40. The smallest absolute Gasteiger partial charge is 0.338 e. The lowest BCUT2D eigenvalue weighted by atomic mass is 9.94. The number of rotatable bonds is 5. The number of nitrogens with one attached hydrogen (secondary N) is 1. The van der Waals surface area contributed by atoms with Gasteiger partial charge in [0.15, 0.2) is 6.61 Å². The molecule has 7 heteroatoms. The number of amides is 3. The van der Waals surface area contributed by atoms with Crippen molar-refractivity contribution in [2.45, 2.75) is 82.7 Å². The Hall–Kier alpha value is -2.70. The number of benzene rings is 1. The van der Waals surface area contributed by atoms with Crippen LogP contribution in [0, 0.1) is 0 Å². The molecule has 3 aliphatic rings. The van der Waals surface area contributed by atoms with Gasteiger partial charge in [-0.15, -0.1) is 0 Å². The Kier molecular flexibility index (Phi) is 6.68. The zero-order valence-electron chi connectivity index (χ0n) is 17.9. The molecule has 2 saturated carbocycles. The fourth-order valence-corrected chi connectivity index (χ4v) is 4.96. The first-order valence-electron chi connectivity index (χ1n) is 11.5. The maximum atomic E-state index is 12.9. The highest BCUT2D eigenvalue weighted by molar-refractivity contribution is 6.22. The SMILES string of the molecule is O=C(COC(=O)c1ccc2c(c1)C(=O)N(C1CCCCC1)C2=O)NC1CCCCCC1. The minimum absolute atomic E-state index is 0.0655. The standard InChI is InChI=1S/C24H30N2O5/c27-21(25-17-8-4-1-2-5-9-17)15-31-24(30)16-12-13-19-20(14-16)23(29)26(22(19)28)18-10-6-3-7-11-18/h12-14,17-18H,1-11,15H2,(H,25,27). The van der Waals surface area contributed by atoms with Gasteiger partial charge >= 0.3 is 5.97 Å². The molecule has 1 N–H and O–H groups in total. The third-order valence-corrected chi connectivity index (χ3v) is 6.65. The third kappa shape index (κ3) is 4.81. The van der Waals surface area contributed by atoms with Crippen LogP contribution in [0.1, 0.15) is 102 Å². The topological polar surface area (TPSA) is 92.8 Å². The maximum Gasteiger partial charge on any atom is 0.338 e. The van der Waals surface area contributed by atoms with E-state index in [4.69, 9.17) is 4.74 Å². The molecular formula is C24H30N2O5. The molecule has 0 unspecified atom stereocenters. The van der Waals surface area contributed by atoms with Crippen LogP contribution in [0.2, 0.25) is 0 Å². The van der Waals surface area contributed by atoms with E-state index in [1.165, 1.54) is 35.9 Å². The fourth-order valence-electron chi connectivity index (χ4n) is 4.96. The number of hydrogen-bond acceptors (Lipinski definition) is 5. The zero-order chi connectivity index (χ0) is 21.8. The van der Waals surface area contributed by atoms with E-state index in [-0.39, 0.29) is 47.5 Å². The highest BCUT2D eigenvalue weighted by atomic mass is 16.5. The van der Waals surface area contributed by atoms with Gasteiger partial charge in [0.1, 0.15) is 0 Å². The molecule has 2 fully saturated rings. The molecule has 0 atom stereocenters. The van der Waals surface area contributed by atoms with Crippen molar-refractivity contribution in [1.82, 2.24) is 10.2 Å². The maximum absolute atomic E-state index is 12.9. The van der Waals surface area contributed by atoms with Gasteiger partial charge in [-0.3, -0.25) is 19.3 Å². The normalized spacial score (nSPS) is 20.3. The van der Waals surface area contributed by atoms with E-state index in [2.05, 4.69) is 5.32 Å². The number of carbonyl (C=O) groups excluding carboxylic acids is 4. The highest BCUT2D eigenvalue weighted by Crippen LogP contribution is 2.31. The molecule has 0 radical (unpaired) electrons. The van der Waals surface area contributed by atoms with Crippen molar-refractivity contribution in [1.29, 1.82) is 0 Å². The van der Waals surface area contributed by atoms with E-state index in [1.807, 2.05) is 0 Å². The molecule has 0 spiro atoms. The molecule has 1 aliphatic heterocycles. The van der Waals surface area contributed by atoms with Crippen LogP contribution < -0.4 is 5.32 Å². The molecule has 4 rings (SSSR count). The first-order valence-corrected chi connectivity index (χ1v) is 11.5. The van der Waals surface area contributed by atoms with Crippen LogP contribution in [0.4, 0.5) is 0 Å². The second kappa shape index (κ2) is 9.62. The summed E-state index contributed by atoms with van der Waals surface area (Å²) in [5, 5.41) is 2.94. The molecule has 7 nitrogen and oxygen atoms in total. The molecule has 0 aromatic heterocycles. The van der Waals surface area contributed by atoms with Crippen molar-refractivity contribution < 1.29 is 23.9 Å². The Morgan fingerprint density at radius 1 is 0.871 bits per heavy atom. The predicted molar refractivity (Wildman–Crippen MR) is 114 cm³/mol. The summed E-state index contributed by atoms with van der Waals surface area (Å²) in [6, 6.07) is 4.50. The monoisotopic (exact) mass is 426 g/mol. The van der Waals surface area contributed by atoms with Gasteiger partial charge in [0.05, 0.1) is 16.7 Å². The van der Waals surface area contributed by atoms with Gasteiger partial charge in [-0.05, 0) is 43.9 Å². The van der Waals surface area contributed by atoms with Crippen LogP contribution in [-0.2, 0) is 9.53 Å². The van der Waals surface area contributed by atoms with Gasteiger partial charge in [-0.1, -0.05) is 44.9 Å². The zero-order valence-corrected chi connectivity index (χ0v) is 17.9. The second-order valence-corrected chi connectivity index (χ2v) is 8.86. The van der Waals surface area contributed by atoms with Crippen LogP contribution in [0.25, 0.3) is 0 Å². The Bertz CT molecular complexity index is 867. The molecule has 1 heterocycles. The Balaban J connectivity index is 1.36. The third-order valence-electron chi connectivity index (χ3n) is 6.65. The summed E-state index contributed by atoms with van der Waals surface area (Å²) in [6.07, 6.45) is 11.3. The predicted octanol–water partition coefficient (Wildman–Crippen LogP) is 3.61.